The third-order valence-electron chi connectivity index (χ3n) is 2.96. The summed E-state index contributed by atoms with van der Waals surface area (Å²) in [5, 5.41) is 0. The average Bonchev–Trinajstić information content (AvgIpc) is 2.26. The van der Waals surface area contributed by atoms with Gasteiger partial charge < -0.3 is 4.90 Å². The average molecular weight is 248 g/mol. The molecule has 0 aromatic carbocycles. The Morgan fingerprint density at radius 1 is 1.25 bits per heavy atom. The van der Waals surface area contributed by atoms with Crippen LogP contribution in [0.2, 0.25) is 0 Å². The van der Waals surface area contributed by atoms with Crippen LogP contribution in [-0.4, -0.2) is 29.3 Å². The van der Waals surface area contributed by atoms with Crippen LogP contribution >= 0.6 is 11.6 Å². The zero-order valence-corrected chi connectivity index (χ0v) is 11.9. The molecule has 0 atom stereocenters. The molecule has 3 heteroatoms. The van der Waals surface area contributed by atoms with Gasteiger partial charge in [-0.05, 0) is 25.2 Å². The molecule has 96 valence electrons. The first kappa shape index (κ1) is 15.8. The van der Waals surface area contributed by atoms with E-state index >= 15 is 0 Å². The Morgan fingerprint density at radius 3 is 2.19 bits per heavy atom. The molecule has 0 saturated heterocycles. The molecule has 0 fully saturated rings. The molecule has 0 saturated carbocycles. The minimum absolute atomic E-state index is 0.267. The lowest BCUT2D eigenvalue weighted by Gasteiger charge is -2.30. The Morgan fingerprint density at radius 2 is 1.81 bits per heavy atom. The van der Waals surface area contributed by atoms with Gasteiger partial charge in [0.15, 0.2) is 0 Å². The Hall–Kier alpha value is -0.240. The van der Waals surface area contributed by atoms with Gasteiger partial charge >= 0.3 is 0 Å². The molecular weight excluding hydrogens is 222 g/mol. The number of hydrogen-bond donors (Lipinski definition) is 0. The summed E-state index contributed by atoms with van der Waals surface area (Å²) in [6.07, 6.45) is 3.66. The van der Waals surface area contributed by atoms with Crippen molar-refractivity contribution in [3.63, 3.8) is 0 Å². The predicted octanol–water partition coefficient (Wildman–Crippen LogP) is 3.68. The molecule has 0 aromatic rings. The minimum Gasteiger partial charge on any atom is -0.339 e. The van der Waals surface area contributed by atoms with E-state index in [-0.39, 0.29) is 5.91 Å². The quantitative estimate of drug-likeness (QED) is 0.600. The number of halogens is 1. The van der Waals surface area contributed by atoms with Gasteiger partial charge in [0.1, 0.15) is 0 Å². The summed E-state index contributed by atoms with van der Waals surface area (Å²) in [4.78, 5) is 14.0. The lowest BCUT2D eigenvalue weighted by molar-refractivity contribution is -0.133. The number of alkyl halides is 1. The molecule has 2 nitrogen and oxygen atoms in total. The molecule has 0 aliphatic heterocycles. The van der Waals surface area contributed by atoms with Crippen molar-refractivity contribution in [2.24, 2.45) is 5.92 Å². The van der Waals surface area contributed by atoms with Gasteiger partial charge in [-0.15, -0.1) is 11.6 Å². The summed E-state index contributed by atoms with van der Waals surface area (Å²) in [7, 11) is 0. The van der Waals surface area contributed by atoms with Crippen LogP contribution in [0.1, 0.15) is 53.4 Å². The maximum atomic E-state index is 12.1. The van der Waals surface area contributed by atoms with E-state index in [0.29, 0.717) is 30.8 Å². The van der Waals surface area contributed by atoms with E-state index in [4.69, 9.17) is 11.6 Å². The molecule has 0 spiro atoms. The van der Waals surface area contributed by atoms with Crippen LogP contribution in [0.3, 0.4) is 0 Å². The zero-order chi connectivity index (χ0) is 12.6. The summed E-state index contributed by atoms with van der Waals surface area (Å²) in [6, 6.07) is 0.360. The fraction of sp³-hybridized carbons (Fsp3) is 0.923. The second kappa shape index (κ2) is 8.86. The fourth-order valence-electron chi connectivity index (χ4n) is 1.89. The molecule has 16 heavy (non-hydrogen) atoms. The third kappa shape index (κ3) is 5.74. The van der Waals surface area contributed by atoms with Crippen LogP contribution in [0.4, 0.5) is 0 Å². The summed E-state index contributed by atoms with van der Waals surface area (Å²) >= 11 is 5.77. The van der Waals surface area contributed by atoms with E-state index in [1.807, 2.05) is 4.90 Å². The van der Waals surface area contributed by atoms with Gasteiger partial charge in [-0.1, -0.05) is 27.7 Å². The van der Waals surface area contributed by atoms with Crippen LogP contribution in [0, 0.1) is 5.92 Å². The first-order valence-corrected chi connectivity index (χ1v) is 6.95. The molecular formula is C13H26ClNO. The second-order valence-corrected chi connectivity index (χ2v) is 5.06. The summed E-state index contributed by atoms with van der Waals surface area (Å²) in [5.74, 6) is 1.38. The summed E-state index contributed by atoms with van der Waals surface area (Å²) in [6.45, 7) is 9.24. The van der Waals surface area contributed by atoms with Crippen LogP contribution < -0.4 is 0 Å². The van der Waals surface area contributed by atoms with Crippen LogP contribution in [0.15, 0.2) is 0 Å². The Labute approximate surface area is 105 Å². The molecule has 0 rings (SSSR count). The van der Waals surface area contributed by atoms with Gasteiger partial charge in [0.05, 0.1) is 0 Å². The van der Waals surface area contributed by atoms with Gasteiger partial charge in [0, 0.05) is 24.9 Å². The normalized spacial score (nSPS) is 11.2. The molecule has 0 radical (unpaired) electrons. The van der Waals surface area contributed by atoms with Crippen molar-refractivity contribution in [1.29, 1.82) is 0 Å². The maximum absolute atomic E-state index is 12.1. The first-order chi connectivity index (χ1) is 7.56. The molecule has 1 amide bonds. The highest BCUT2D eigenvalue weighted by molar-refractivity contribution is 6.18. The van der Waals surface area contributed by atoms with Crippen molar-refractivity contribution in [3.05, 3.63) is 0 Å². The number of hydrogen-bond acceptors (Lipinski definition) is 1. The molecule has 0 aliphatic carbocycles. The van der Waals surface area contributed by atoms with E-state index in [1.54, 1.807) is 0 Å². The number of carbonyl (C=O) groups is 1. The van der Waals surface area contributed by atoms with E-state index in [0.717, 1.165) is 19.3 Å². The van der Waals surface area contributed by atoms with Crippen LogP contribution in [0.25, 0.3) is 0 Å². The highest BCUT2D eigenvalue weighted by Crippen LogP contribution is 2.13. The predicted molar refractivity (Wildman–Crippen MR) is 70.9 cm³/mol. The Kier molecular flexibility index (Phi) is 8.73. The Balaban J connectivity index is 4.32. The van der Waals surface area contributed by atoms with Crippen LogP contribution in [-0.2, 0) is 4.79 Å². The van der Waals surface area contributed by atoms with E-state index in [9.17, 15) is 4.79 Å². The molecule has 0 unspecified atom stereocenters. The summed E-state index contributed by atoms with van der Waals surface area (Å²) in [5.41, 5.74) is 0. The highest BCUT2D eigenvalue weighted by atomic mass is 35.5. The molecule has 0 aromatic heterocycles. The number of nitrogens with zero attached hydrogens (tertiary/aromatic N) is 1. The lowest BCUT2D eigenvalue weighted by Crippen LogP contribution is -2.41. The smallest absolute Gasteiger partial charge is 0.222 e. The topological polar surface area (TPSA) is 20.3 Å². The highest BCUT2D eigenvalue weighted by Gasteiger charge is 2.20. The molecule has 0 aliphatic rings. The summed E-state index contributed by atoms with van der Waals surface area (Å²) < 4.78 is 0. The standard InChI is InChI=1S/C13H26ClNO/c1-5-12(6-2)15(10-9-14)13(16)8-7-11(3)4/h11-12H,5-10H2,1-4H3. The largest absolute Gasteiger partial charge is 0.339 e. The monoisotopic (exact) mass is 247 g/mol. The number of carbonyl (C=O) groups excluding carboxylic acids is 1. The van der Waals surface area contributed by atoms with Crippen molar-refractivity contribution < 1.29 is 4.79 Å². The minimum atomic E-state index is 0.267. The van der Waals surface area contributed by atoms with Crippen molar-refractivity contribution in [2.75, 3.05) is 12.4 Å². The first-order valence-electron chi connectivity index (χ1n) is 6.42. The lowest BCUT2D eigenvalue weighted by atomic mass is 10.1. The van der Waals surface area contributed by atoms with Gasteiger partial charge in [-0.3, -0.25) is 4.79 Å². The second-order valence-electron chi connectivity index (χ2n) is 4.68. The van der Waals surface area contributed by atoms with Gasteiger partial charge in [0.2, 0.25) is 5.91 Å². The number of rotatable bonds is 8. The van der Waals surface area contributed by atoms with E-state index < -0.39 is 0 Å². The van der Waals surface area contributed by atoms with Crippen molar-refractivity contribution in [2.45, 2.75) is 59.4 Å². The Bertz CT molecular complexity index is 190. The fourth-order valence-corrected chi connectivity index (χ4v) is 2.07. The van der Waals surface area contributed by atoms with E-state index in [2.05, 4.69) is 27.7 Å². The van der Waals surface area contributed by atoms with E-state index in [1.165, 1.54) is 0 Å². The number of amides is 1. The van der Waals surface area contributed by atoms with Crippen LogP contribution in [0.5, 0.6) is 0 Å². The van der Waals surface area contributed by atoms with Gasteiger partial charge in [0.25, 0.3) is 0 Å². The SMILES string of the molecule is CCC(CC)N(CCCl)C(=O)CCC(C)C. The molecule has 0 heterocycles. The zero-order valence-electron chi connectivity index (χ0n) is 11.1. The van der Waals surface area contributed by atoms with Crippen molar-refractivity contribution >= 4 is 17.5 Å². The molecule has 0 bridgehead atoms. The maximum Gasteiger partial charge on any atom is 0.222 e. The van der Waals surface area contributed by atoms with Gasteiger partial charge in [-0.2, -0.15) is 0 Å². The molecule has 0 N–H and O–H groups in total. The third-order valence-corrected chi connectivity index (χ3v) is 3.13. The van der Waals surface area contributed by atoms with Crippen molar-refractivity contribution in [1.82, 2.24) is 4.90 Å². The van der Waals surface area contributed by atoms with Crippen molar-refractivity contribution in [3.8, 4) is 0 Å². The van der Waals surface area contributed by atoms with Gasteiger partial charge in [-0.25, -0.2) is 0 Å².